The second-order valence-electron chi connectivity index (χ2n) is 10.4. The molecule has 0 heterocycles. The average Bonchev–Trinajstić information content (AvgIpc) is 2.96. The van der Waals surface area contributed by atoms with Crippen molar-refractivity contribution < 1.29 is 22.7 Å². The van der Waals surface area contributed by atoms with Gasteiger partial charge >= 0.3 is 0 Å². The maximum absolute atomic E-state index is 14.2. The molecule has 0 aliphatic heterocycles. The summed E-state index contributed by atoms with van der Waals surface area (Å²) in [5.74, 6) is -0.0471. The largest absolute Gasteiger partial charge is 0.494 e. The van der Waals surface area contributed by atoms with Crippen LogP contribution < -0.4 is 14.4 Å². The third-order valence-corrected chi connectivity index (χ3v) is 8.85. The van der Waals surface area contributed by atoms with Crippen LogP contribution in [-0.4, -0.2) is 50.9 Å². The number of halogens is 1. The predicted molar refractivity (Wildman–Crippen MR) is 167 cm³/mol. The Kier molecular flexibility index (Phi) is 11.8. The highest BCUT2D eigenvalue weighted by Gasteiger charge is 2.34. The summed E-state index contributed by atoms with van der Waals surface area (Å²) >= 11 is 6.45. The molecule has 3 aromatic rings. The summed E-state index contributed by atoms with van der Waals surface area (Å²) in [6, 6.07) is 19.3. The molecule has 0 aliphatic rings. The Hall–Kier alpha value is -3.56. The van der Waals surface area contributed by atoms with Gasteiger partial charge in [0.05, 0.1) is 17.2 Å². The van der Waals surface area contributed by atoms with Gasteiger partial charge in [0.1, 0.15) is 18.3 Å². The Morgan fingerprint density at radius 3 is 2.17 bits per heavy atom. The molecular formula is C32H40ClN3O5S. The third kappa shape index (κ3) is 8.49. The quantitative estimate of drug-likeness (QED) is 0.247. The number of hydrogen-bond donors (Lipinski definition) is 1. The van der Waals surface area contributed by atoms with Crippen molar-refractivity contribution in [2.24, 2.45) is 5.92 Å². The van der Waals surface area contributed by atoms with Crippen molar-refractivity contribution in [3.8, 4) is 5.75 Å². The molecule has 0 radical (unpaired) electrons. The van der Waals surface area contributed by atoms with Gasteiger partial charge in [0.25, 0.3) is 10.0 Å². The lowest BCUT2D eigenvalue weighted by molar-refractivity contribution is -0.140. The third-order valence-electron chi connectivity index (χ3n) is 6.69. The van der Waals surface area contributed by atoms with Crippen LogP contribution in [0.4, 0.5) is 5.69 Å². The summed E-state index contributed by atoms with van der Waals surface area (Å²) in [4.78, 5) is 29.0. The van der Waals surface area contributed by atoms with Crippen LogP contribution in [0.2, 0.25) is 5.02 Å². The normalized spacial score (nSPS) is 12.1. The van der Waals surface area contributed by atoms with E-state index in [-0.39, 0.29) is 23.3 Å². The summed E-state index contributed by atoms with van der Waals surface area (Å²) in [5.41, 5.74) is 1.85. The van der Waals surface area contributed by atoms with E-state index in [1.807, 2.05) is 34.6 Å². The van der Waals surface area contributed by atoms with Crippen LogP contribution in [0.25, 0.3) is 0 Å². The molecule has 0 bridgehead atoms. The minimum atomic E-state index is -4.16. The monoisotopic (exact) mass is 613 g/mol. The number of hydrogen-bond acceptors (Lipinski definition) is 5. The van der Waals surface area contributed by atoms with Crippen LogP contribution in [0.15, 0.2) is 77.7 Å². The highest BCUT2D eigenvalue weighted by atomic mass is 35.5. The van der Waals surface area contributed by atoms with Gasteiger partial charge in [0.15, 0.2) is 0 Å². The zero-order valence-electron chi connectivity index (χ0n) is 24.8. The van der Waals surface area contributed by atoms with E-state index in [0.29, 0.717) is 41.6 Å². The Morgan fingerprint density at radius 2 is 1.60 bits per heavy atom. The number of sulfonamides is 1. The summed E-state index contributed by atoms with van der Waals surface area (Å²) in [5, 5.41) is 3.37. The minimum Gasteiger partial charge on any atom is -0.494 e. The number of carbonyl (C=O) groups is 2. The number of amides is 2. The number of carbonyl (C=O) groups excluding carboxylic acids is 2. The minimum absolute atomic E-state index is 0.0355. The van der Waals surface area contributed by atoms with Gasteiger partial charge in [-0.3, -0.25) is 13.9 Å². The van der Waals surface area contributed by atoms with E-state index in [9.17, 15) is 18.0 Å². The molecule has 0 saturated carbocycles. The first-order valence-electron chi connectivity index (χ1n) is 14.1. The van der Waals surface area contributed by atoms with Gasteiger partial charge < -0.3 is 15.0 Å². The van der Waals surface area contributed by atoms with Crippen molar-refractivity contribution >= 4 is 39.1 Å². The van der Waals surface area contributed by atoms with Crippen LogP contribution in [0.1, 0.15) is 45.2 Å². The summed E-state index contributed by atoms with van der Waals surface area (Å²) in [6.07, 6.45) is 0.327. The fourth-order valence-corrected chi connectivity index (χ4v) is 6.00. The number of aryl methyl sites for hydroxylation is 1. The van der Waals surface area contributed by atoms with E-state index < -0.39 is 28.5 Å². The zero-order chi connectivity index (χ0) is 30.9. The second kappa shape index (κ2) is 15.1. The predicted octanol–water partition coefficient (Wildman–Crippen LogP) is 5.82. The summed E-state index contributed by atoms with van der Waals surface area (Å²) in [6.45, 7) is 9.93. The van der Waals surface area contributed by atoms with Crippen LogP contribution in [-0.2, 0) is 26.2 Å². The van der Waals surface area contributed by atoms with Gasteiger partial charge in [-0.25, -0.2) is 8.42 Å². The van der Waals surface area contributed by atoms with Crippen molar-refractivity contribution in [3.05, 3.63) is 88.9 Å². The van der Waals surface area contributed by atoms with Crippen LogP contribution in [0.3, 0.4) is 0 Å². The number of benzene rings is 3. The Balaban J connectivity index is 2.06. The Labute approximate surface area is 254 Å². The smallest absolute Gasteiger partial charge is 0.264 e. The van der Waals surface area contributed by atoms with Crippen LogP contribution in [0.5, 0.6) is 5.75 Å². The van der Waals surface area contributed by atoms with Gasteiger partial charge in [0.2, 0.25) is 11.8 Å². The van der Waals surface area contributed by atoms with Crippen molar-refractivity contribution in [1.82, 2.24) is 10.2 Å². The van der Waals surface area contributed by atoms with Crippen LogP contribution in [0, 0.1) is 12.8 Å². The molecule has 1 N–H and O–H groups in total. The van der Waals surface area contributed by atoms with Crippen LogP contribution >= 0.6 is 11.6 Å². The molecule has 1 atom stereocenters. The molecule has 226 valence electrons. The molecule has 0 fully saturated rings. The summed E-state index contributed by atoms with van der Waals surface area (Å²) < 4.78 is 34.6. The van der Waals surface area contributed by atoms with Crippen molar-refractivity contribution in [2.45, 2.75) is 58.5 Å². The Bertz CT molecular complexity index is 1440. The molecule has 0 aromatic heterocycles. The van der Waals surface area contributed by atoms with E-state index in [0.717, 1.165) is 9.87 Å². The highest BCUT2D eigenvalue weighted by Crippen LogP contribution is 2.27. The van der Waals surface area contributed by atoms with E-state index >= 15 is 0 Å². The first-order valence-corrected chi connectivity index (χ1v) is 15.9. The maximum atomic E-state index is 14.2. The number of anilines is 1. The molecule has 1 unspecified atom stereocenters. The van der Waals surface area contributed by atoms with Crippen molar-refractivity contribution in [1.29, 1.82) is 0 Å². The molecule has 42 heavy (non-hydrogen) atoms. The topological polar surface area (TPSA) is 96.0 Å². The summed E-state index contributed by atoms with van der Waals surface area (Å²) in [7, 11) is -4.16. The molecular weight excluding hydrogens is 574 g/mol. The Morgan fingerprint density at radius 1 is 0.952 bits per heavy atom. The van der Waals surface area contributed by atoms with Gasteiger partial charge in [-0.1, -0.05) is 68.3 Å². The van der Waals surface area contributed by atoms with E-state index in [1.165, 1.54) is 17.0 Å². The lowest BCUT2D eigenvalue weighted by atomic mass is 10.1. The molecule has 10 heteroatoms. The number of nitrogens with zero attached hydrogens (tertiary/aromatic N) is 2. The molecule has 2 amide bonds. The number of nitrogens with one attached hydrogen (secondary N) is 1. The lowest BCUT2D eigenvalue weighted by Crippen LogP contribution is -2.52. The van der Waals surface area contributed by atoms with Gasteiger partial charge in [-0.05, 0) is 74.2 Å². The first kappa shape index (κ1) is 32.9. The molecule has 0 saturated heterocycles. The molecule has 0 spiro atoms. The molecule has 3 aromatic carbocycles. The second-order valence-corrected chi connectivity index (χ2v) is 12.7. The first-order chi connectivity index (χ1) is 20.0. The zero-order valence-corrected chi connectivity index (χ0v) is 26.4. The fraction of sp³-hybridized carbons (Fsp3) is 0.375. The SMILES string of the molecule is CCOc1ccc(N(CC(=O)N(Cc2ccccc2Cl)C(CC)C(=O)NCC(C)C)S(=O)(=O)c2ccc(C)cc2)cc1. The lowest BCUT2D eigenvalue weighted by Gasteiger charge is -2.33. The van der Waals surface area contributed by atoms with Gasteiger partial charge in [-0.2, -0.15) is 0 Å². The number of ether oxygens (including phenoxy) is 1. The van der Waals surface area contributed by atoms with Gasteiger partial charge in [0, 0.05) is 18.1 Å². The molecule has 3 rings (SSSR count). The van der Waals surface area contributed by atoms with Crippen molar-refractivity contribution in [3.63, 3.8) is 0 Å². The van der Waals surface area contributed by atoms with Gasteiger partial charge in [-0.15, -0.1) is 0 Å². The van der Waals surface area contributed by atoms with Crippen molar-refractivity contribution in [2.75, 3.05) is 24.0 Å². The number of rotatable bonds is 14. The standard InChI is InChI=1S/C32H40ClN3O5S/c1-6-30(32(38)34-20-23(3)4)35(21-25-10-8-9-11-29(25)33)31(37)22-36(26-14-16-27(17-15-26)41-7-2)42(39,40)28-18-12-24(5)13-19-28/h8-19,23,30H,6-7,20-22H2,1-5H3,(H,34,38). The van der Waals surface area contributed by atoms with E-state index in [2.05, 4.69) is 5.32 Å². The fourth-order valence-electron chi connectivity index (χ4n) is 4.39. The van der Waals surface area contributed by atoms with E-state index in [1.54, 1.807) is 60.7 Å². The maximum Gasteiger partial charge on any atom is 0.264 e. The average molecular weight is 614 g/mol. The highest BCUT2D eigenvalue weighted by molar-refractivity contribution is 7.92. The van der Waals surface area contributed by atoms with E-state index in [4.69, 9.17) is 16.3 Å². The molecule has 0 aliphatic carbocycles. The molecule has 8 nitrogen and oxygen atoms in total.